The van der Waals surface area contributed by atoms with Crippen molar-refractivity contribution in [3.05, 3.63) is 71.3 Å². The summed E-state index contributed by atoms with van der Waals surface area (Å²) in [6.45, 7) is 0.386. The van der Waals surface area contributed by atoms with Gasteiger partial charge in [0.05, 0.1) is 12.1 Å². The molecule has 9 heteroatoms. The minimum atomic E-state index is -4.48. The Balaban J connectivity index is 1.44. The zero-order valence-electron chi connectivity index (χ0n) is 16.4. The molecule has 0 unspecified atom stereocenters. The molecule has 2 heterocycles. The molecule has 2 aromatic carbocycles. The molecule has 2 saturated heterocycles. The number of rotatable bonds is 3. The summed E-state index contributed by atoms with van der Waals surface area (Å²) in [5, 5.41) is 2.74. The molecule has 2 aliphatic heterocycles. The van der Waals surface area contributed by atoms with Crippen LogP contribution in [-0.4, -0.2) is 59.2 Å². The first-order valence-corrected chi connectivity index (χ1v) is 9.85. The molecule has 31 heavy (non-hydrogen) atoms. The van der Waals surface area contributed by atoms with Crippen molar-refractivity contribution < 1.29 is 27.6 Å². The van der Waals surface area contributed by atoms with Gasteiger partial charge in [-0.25, -0.2) is 0 Å². The fourth-order valence-electron chi connectivity index (χ4n) is 3.96. The Labute approximate surface area is 176 Å². The van der Waals surface area contributed by atoms with Crippen LogP contribution in [0.3, 0.4) is 0 Å². The van der Waals surface area contributed by atoms with E-state index in [2.05, 4.69) is 5.32 Å². The topological polar surface area (TPSA) is 69.7 Å². The van der Waals surface area contributed by atoms with Crippen molar-refractivity contribution in [2.75, 3.05) is 19.6 Å². The van der Waals surface area contributed by atoms with E-state index in [1.165, 1.54) is 9.80 Å². The van der Waals surface area contributed by atoms with Crippen LogP contribution in [0.25, 0.3) is 0 Å². The third-order valence-electron chi connectivity index (χ3n) is 5.61. The second-order valence-electron chi connectivity index (χ2n) is 7.62. The normalized spacial score (nSPS) is 21.5. The van der Waals surface area contributed by atoms with Gasteiger partial charge in [-0.15, -0.1) is 0 Å². The molecule has 6 nitrogen and oxygen atoms in total. The molecule has 2 aromatic rings. The summed E-state index contributed by atoms with van der Waals surface area (Å²) in [6.07, 6.45) is -4.10. The second kappa shape index (κ2) is 8.05. The van der Waals surface area contributed by atoms with Crippen LogP contribution in [0.4, 0.5) is 13.2 Å². The van der Waals surface area contributed by atoms with Crippen molar-refractivity contribution >= 4 is 17.7 Å². The quantitative estimate of drug-likeness (QED) is 0.810. The molecule has 0 spiro atoms. The number of carbonyl (C=O) groups excluding carboxylic acids is 3. The fraction of sp³-hybridized carbons (Fsp3) is 0.318. The number of piperazine rings is 2. The molecule has 0 radical (unpaired) electrons. The minimum absolute atomic E-state index is 0.00448. The van der Waals surface area contributed by atoms with Crippen molar-refractivity contribution in [1.29, 1.82) is 0 Å². The Morgan fingerprint density at radius 3 is 2.32 bits per heavy atom. The van der Waals surface area contributed by atoms with E-state index in [-0.39, 0.29) is 37.0 Å². The standard InChI is InChI=1S/C22H20F3N3O3/c23-22(24,25)16-8-6-15(7-9-16)20(30)27-10-11-28-18(13-27)19(29)26-17(21(28)31)12-14-4-2-1-3-5-14/h1-9,17-18H,10-13H2,(H,26,29)/t17-,18+/m0/s1. The molecule has 2 aliphatic rings. The number of halogens is 3. The van der Waals surface area contributed by atoms with E-state index in [1.54, 1.807) is 0 Å². The Morgan fingerprint density at radius 1 is 1.00 bits per heavy atom. The molecule has 162 valence electrons. The number of hydrogen-bond acceptors (Lipinski definition) is 3. The van der Waals surface area contributed by atoms with E-state index in [1.807, 2.05) is 30.3 Å². The average molecular weight is 431 g/mol. The van der Waals surface area contributed by atoms with Gasteiger partial charge in [0.25, 0.3) is 5.91 Å². The van der Waals surface area contributed by atoms with Gasteiger partial charge >= 0.3 is 6.18 Å². The summed E-state index contributed by atoms with van der Waals surface area (Å²) >= 11 is 0. The maximum Gasteiger partial charge on any atom is 0.416 e. The van der Waals surface area contributed by atoms with Crippen LogP contribution in [-0.2, 0) is 22.2 Å². The highest BCUT2D eigenvalue weighted by Crippen LogP contribution is 2.29. The molecule has 2 fully saturated rings. The molecular weight excluding hydrogens is 411 g/mol. The van der Waals surface area contributed by atoms with Crippen LogP contribution in [0.1, 0.15) is 21.5 Å². The first-order valence-electron chi connectivity index (χ1n) is 9.85. The van der Waals surface area contributed by atoms with Crippen LogP contribution < -0.4 is 5.32 Å². The summed E-state index contributed by atoms with van der Waals surface area (Å²) in [5.74, 6) is -1.01. The molecule has 0 aliphatic carbocycles. The van der Waals surface area contributed by atoms with Crippen LogP contribution in [0.2, 0.25) is 0 Å². The third-order valence-corrected chi connectivity index (χ3v) is 5.61. The average Bonchev–Trinajstić information content (AvgIpc) is 2.76. The van der Waals surface area contributed by atoms with Gasteiger partial charge in [0.2, 0.25) is 11.8 Å². The number of alkyl halides is 3. The zero-order valence-corrected chi connectivity index (χ0v) is 16.4. The molecule has 4 rings (SSSR count). The number of hydrogen-bond donors (Lipinski definition) is 1. The lowest BCUT2D eigenvalue weighted by Crippen LogP contribution is -2.70. The van der Waals surface area contributed by atoms with Crippen molar-refractivity contribution in [2.24, 2.45) is 0 Å². The van der Waals surface area contributed by atoms with E-state index >= 15 is 0 Å². The van der Waals surface area contributed by atoms with Crippen LogP contribution in [0.15, 0.2) is 54.6 Å². The largest absolute Gasteiger partial charge is 0.416 e. The third kappa shape index (κ3) is 4.26. The Bertz CT molecular complexity index is 993. The van der Waals surface area contributed by atoms with Crippen LogP contribution in [0, 0.1) is 0 Å². The molecule has 0 aromatic heterocycles. The lowest BCUT2D eigenvalue weighted by molar-refractivity contribution is -0.152. The summed E-state index contributed by atoms with van der Waals surface area (Å²) in [6, 6.07) is 11.8. The smallest absolute Gasteiger partial charge is 0.342 e. The Kier molecular flexibility index (Phi) is 5.43. The van der Waals surface area contributed by atoms with E-state index < -0.39 is 29.7 Å². The fourth-order valence-corrected chi connectivity index (χ4v) is 3.96. The van der Waals surface area contributed by atoms with E-state index in [4.69, 9.17) is 0 Å². The molecule has 2 atom stereocenters. The maximum absolute atomic E-state index is 12.9. The van der Waals surface area contributed by atoms with Gasteiger partial charge in [-0.3, -0.25) is 14.4 Å². The summed E-state index contributed by atoms with van der Waals surface area (Å²) in [7, 11) is 0. The van der Waals surface area contributed by atoms with E-state index in [9.17, 15) is 27.6 Å². The van der Waals surface area contributed by atoms with Gasteiger partial charge in [-0.05, 0) is 29.8 Å². The molecule has 1 N–H and O–H groups in total. The van der Waals surface area contributed by atoms with Crippen LogP contribution in [0.5, 0.6) is 0 Å². The molecule has 0 saturated carbocycles. The molecular formula is C22H20F3N3O3. The Hall–Kier alpha value is -3.36. The highest BCUT2D eigenvalue weighted by molar-refractivity contribution is 5.99. The van der Waals surface area contributed by atoms with Crippen molar-refractivity contribution in [3.8, 4) is 0 Å². The zero-order chi connectivity index (χ0) is 22.2. The second-order valence-corrected chi connectivity index (χ2v) is 7.62. The lowest BCUT2D eigenvalue weighted by atomic mass is 9.98. The van der Waals surface area contributed by atoms with Gasteiger partial charge in [0.1, 0.15) is 12.1 Å². The van der Waals surface area contributed by atoms with Gasteiger partial charge in [0.15, 0.2) is 0 Å². The van der Waals surface area contributed by atoms with Crippen molar-refractivity contribution in [1.82, 2.24) is 15.1 Å². The number of amides is 3. The first kappa shape index (κ1) is 20.9. The van der Waals surface area contributed by atoms with Crippen molar-refractivity contribution in [3.63, 3.8) is 0 Å². The van der Waals surface area contributed by atoms with Gasteiger partial charge in [-0.1, -0.05) is 30.3 Å². The number of carbonyl (C=O) groups is 3. The minimum Gasteiger partial charge on any atom is -0.342 e. The molecule has 0 bridgehead atoms. The van der Waals surface area contributed by atoms with Crippen LogP contribution >= 0.6 is 0 Å². The number of benzene rings is 2. The number of nitrogens with zero attached hydrogens (tertiary/aromatic N) is 2. The lowest BCUT2D eigenvalue weighted by Gasteiger charge is -2.45. The highest BCUT2D eigenvalue weighted by Gasteiger charge is 2.44. The van der Waals surface area contributed by atoms with E-state index in [0.717, 1.165) is 29.8 Å². The first-order chi connectivity index (χ1) is 14.7. The van der Waals surface area contributed by atoms with Gasteiger partial charge < -0.3 is 15.1 Å². The maximum atomic E-state index is 12.9. The monoisotopic (exact) mass is 431 g/mol. The Morgan fingerprint density at radius 2 is 1.68 bits per heavy atom. The predicted octanol–water partition coefficient (Wildman–Crippen LogP) is 2.10. The van der Waals surface area contributed by atoms with E-state index in [0.29, 0.717) is 6.42 Å². The SMILES string of the molecule is O=C1N[C@@H](Cc2ccccc2)C(=O)N2CCN(C(=O)c3ccc(C(F)(F)F)cc3)C[C@H]12. The predicted molar refractivity (Wildman–Crippen MR) is 105 cm³/mol. The van der Waals surface area contributed by atoms with Gasteiger partial charge in [0, 0.05) is 25.1 Å². The molecule has 3 amide bonds. The summed E-state index contributed by atoms with van der Waals surface area (Å²) < 4.78 is 38.2. The summed E-state index contributed by atoms with van der Waals surface area (Å²) in [4.78, 5) is 41.2. The highest BCUT2D eigenvalue weighted by atomic mass is 19.4. The van der Waals surface area contributed by atoms with Gasteiger partial charge in [-0.2, -0.15) is 13.2 Å². The summed E-state index contributed by atoms with van der Waals surface area (Å²) in [5.41, 5.74) is 0.192. The van der Waals surface area contributed by atoms with Crippen molar-refractivity contribution in [2.45, 2.75) is 24.7 Å². The number of nitrogens with one attached hydrogen (secondary N) is 1. The number of fused-ring (bicyclic) bond motifs is 1.